The molecule has 4 aromatic rings. The molecule has 0 bridgehead atoms. The predicted octanol–water partition coefficient (Wildman–Crippen LogP) is 1.84. The van der Waals surface area contributed by atoms with Gasteiger partial charge in [-0.1, -0.05) is 12.1 Å². The van der Waals surface area contributed by atoms with Gasteiger partial charge in [-0.25, -0.2) is 14.6 Å². The Kier molecular flexibility index (Phi) is 3.51. The van der Waals surface area contributed by atoms with Gasteiger partial charge >= 0.3 is 0 Å². The van der Waals surface area contributed by atoms with Crippen LogP contribution in [-0.2, 0) is 6.54 Å². The van der Waals surface area contributed by atoms with E-state index in [-0.39, 0.29) is 5.91 Å². The molecule has 4 rings (SSSR count). The fourth-order valence-corrected chi connectivity index (χ4v) is 2.48. The van der Waals surface area contributed by atoms with Crippen LogP contribution in [0.15, 0.2) is 67.4 Å². The first-order chi connectivity index (χ1) is 11.8. The van der Waals surface area contributed by atoms with Crippen molar-refractivity contribution in [1.29, 1.82) is 0 Å². The Morgan fingerprint density at radius 3 is 2.88 bits per heavy atom. The lowest BCUT2D eigenvalue weighted by Gasteiger charge is -2.08. The maximum absolute atomic E-state index is 12.4. The van der Waals surface area contributed by atoms with Crippen molar-refractivity contribution < 1.29 is 4.79 Å². The van der Waals surface area contributed by atoms with Gasteiger partial charge in [-0.05, 0) is 24.3 Å². The van der Waals surface area contributed by atoms with Gasteiger partial charge in [0.2, 0.25) is 0 Å². The minimum Gasteiger partial charge on any atom is -0.346 e. The number of imidazole rings is 1. The molecule has 0 atom stereocenters. The van der Waals surface area contributed by atoms with E-state index in [4.69, 9.17) is 0 Å². The monoisotopic (exact) mass is 318 g/mol. The van der Waals surface area contributed by atoms with Crippen LogP contribution in [0.5, 0.6) is 0 Å². The number of fused-ring (bicyclic) bond motifs is 1. The number of carbonyl (C=O) groups excluding carboxylic acids is 1. The lowest BCUT2D eigenvalue weighted by molar-refractivity contribution is 0.0946. The largest absolute Gasteiger partial charge is 0.346 e. The quantitative estimate of drug-likeness (QED) is 0.623. The second-order valence-electron chi connectivity index (χ2n) is 5.21. The maximum atomic E-state index is 12.4. The van der Waals surface area contributed by atoms with Crippen LogP contribution in [0.2, 0.25) is 0 Å². The number of carbonyl (C=O) groups is 1. The second kappa shape index (κ2) is 5.96. The standard InChI is InChI=1S/C17H14N6O/c24-17(14-12-22-9-2-1-6-15(22)21-14)19-11-13-5-3-7-18-16(13)23-10-4-8-20-23/h1-10,12H,11H2,(H,19,24). The summed E-state index contributed by atoms with van der Waals surface area (Å²) in [6, 6.07) is 11.2. The van der Waals surface area contributed by atoms with E-state index in [2.05, 4.69) is 20.4 Å². The fraction of sp³-hybridized carbons (Fsp3) is 0.0588. The van der Waals surface area contributed by atoms with Crippen molar-refractivity contribution in [2.24, 2.45) is 0 Å². The molecule has 0 aliphatic carbocycles. The van der Waals surface area contributed by atoms with Gasteiger partial charge in [-0.3, -0.25) is 4.79 Å². The van der Waals surface area contributed by atoms with Crippen LogP contribution in [-0.4, -0.2) is 30.1 Å². The minimum absolute atomic E-state index is 0.228. The molecule has 0 spiro atoms. The number of nitrogens with zero attached hydrogens (tertiary/aromatic N) is 5. The molecule has 0 aromatic carbocycles. The molecule has 0 aliphatic rings. The third-order valence-electron chi connectivity index (χ3n) is 3.62. The lowest BCUT2D eigenvalue weighted by atomic mass is 10.2. The molecule has 1 N–H and O–H groups in total. The van der Waals surface area contributed by atoms with Gasteiger partial charge in [-0.15, -0.1) is 0 Å². The highest BCUT2D eigenvalue weighted by molar-refractivity contribution is 5.92. The third-order valence-corrected chi connectivity index (χ3v) is 3.62. The molecule has 24 heavy (non-hydrogen) atoms. The second-order valence-corrected chi connectivity index (χ2v) is 5.21. The average molecular weight is 318 g/mol. The molecule has 0 fully saturated rings. The summed E-state index contributed by atoms with van der Waals surface area (Å²) in [4.78, 5) is 21.0. The van der Waals surface area contributed by atoms with Gasteiger partial charge in [0.25, 0.3) is 5.91 Å². The highest BCUT2D eigenvalue weighted by Crippen LogP contribution is 2.10. The summed E-state index contributed by atoms with van der Waals surface area (Å²) in [5.74, 6) is 0.465. The Morgan fingerprint density at radius 2 is 2.04 bits per heavy atom. The molecular weight excluding hydrogens is 304 g/mol. The molecular formula is C17H14N6O. The van der Waals surface area contributed by atoms with E-state index in [1.165, 1.54) is 0 Å². The van der Waals surface area contributed by atoms with Crippen LogP contribution in [0.3, 0.4) is 0 Å². The summed E-state index contributed by atoms with van der Waals surface area (Å²) in [5.41, 5.74) is 1.99. The van der Waals surface area contributed by atoms with Crippen LogP contribution in [0, 0.1) is 0 Å². The highest BCUT2D eigenvalue weighted by Gasteiger charge is 2.12. The summed E-state index contributed by atoms with van der Waals surface area (Å²) in [6.45, 7) is 0.343. The SMILES string of the molecule is O=C(NCc1cccnc1-n1cccn1)c1cn2ccccc2n1. The van der Waals surface area contributed by atoms with E-state index in [1.54, 1.807) is 23.3 Å². The molecule has 0 aliphatic heterocycles. The fourth-order valence-electron chi connectivity index (χ4n) is 2.48. The summed E-state index contributed by atoms with van der Waals surface area (Å²) in [5, 5.41) is 7.07. The third kappa shape index (κ3) is 2.63. The van der Waals surface area contributed by atoms with Gasteiger partial charge < -0.3 is 9.72 Å². The van der Waals surface area contributed by atoms with Crippen molar-refractivity contribution in [1.82, 2.24) is 29.5 Å². The minimum atomic E-state index is -0.228. The zero-order valence-corrected chi connectivity index (χ0v) is 12.7. The predicted molar refractivity (Wildman–Crippen MR) is 87.7 cm³/mol. The Hall–Kier alpha value is -3.48. The van der Waals surface area contributed by atoms with Crippen LogP contribution in [0.4, 0.5) is 0 Å². The van der Waals surface area contributed by atoms with Crippen molar-refractivity contribution in [2.75, 3.05) is 0 Å². The van der Waals surface area contributed by atoms with Crippen molar-refractivity contribution in [3.05, 3.63) is 78.6 Å². The van der Waals surface area contributed by atoms with Gasteiger partial charge in [0.05, 0.1) is 0 Å². The molecule has 4 heterocycles. The van der Waals surface area contributed by atoms with E-state index in [1.807, 2.05) is 53.2 Å². The number of amides is 1. The lowest BCUT2D eigenvalue weighted by Crippen LogP contribution is -2.24. The zero-order valence-electron chi connectivity index (χ0n) is 12.7. The Bertz CT molecular complexity index is 956. The first kappa shape index (κ1) is 14.1. The van der Waals surface area contributed by atoms with Gasteiger partial charge in [-0.2, -0.15) is 5.10 Å². The van der Waals surface area contributed by atoms with Gasteiger partial charge in [0.15, 0.2) is 5.82 Å². The highest BCUT2D eigenvalue weighted by atomic mass is 16.1. The summed E-state index contributed by atoms with van der Waals surface area (Å²) < 4.78 is 3.49. The molecule has 0 unspecified atom stereocenters. The molecule has 7 nitrogen and oxygen atoms in total. The van der Waals surface area contributed by atoms with E-state index in [0.29, 0.717) is 18.1 Å². The average Bonchev–Trinajstić information content (AvgIpc) is 3.29. The Labute approximate surface area is 137 Å². The normalized spacial score (nSPS) is 10.8. The van der Waals surface area contributed by atoms with E-state index >= 15 is 0 Å². The van der Waals surface area contributed by atoms with Crippen molar-refractivity contribution in [2.45, 2.75) is 6.54 Å². The summed E-state index contributed by atoms with van der Waals surface area (Å²) in [7, 11) is 0. The first-order valence-electron chi connectivity index (χ1n) is 7.47. The zero-order chi connectivity index (χ0) is 16.4. The van der Waals surface area contributed by atoms with Gasteiger partial charge in [0, 0.05) is 43.1 Å². The molecule has 0 saturated carbocycles. The van der Waals surface area contributed by atoms with E-state index in [9.17, 15) is 4.79 Å². The number of pyridine rings is 2. The van der Waals surface area contributed by atoms with Crippen LogP contribution in [0.25, 0.3) is 11.5 Å². The van der Waals surface area contributed by atoms with Crippen molar-refractivity contribution in [3.63, 3.8) is 0 Å². The number of hydrogen-bond donors (Lipinski definition) is 1. The summed E-state index contributed by atoms with van der Waals surface area (Å²) in [6.07, 6.45) is 8.77. The van der Waals surface area contributed by atoms with E-state index in [0.717, 1.165) is 11.2 Å². The summed E-state index contributed by atoms with van der Waals surface area (Å²) >= 11 is 0. The van der Waals surface area contributed by atoms with Crippen LogP contribution in [0.1, 0.15) is 16.1 Å². The van der Waals surface area contributed by atoms with Crippen molar-refractivity contribution >= 4 is 11.6 Å². The molecule has 1 amide bonds. The molecule has 0 saturated heterocycles. The van der Waals surface area contributed by atoms with E-state index < -0.39 is 0 Å². The maximum Gasteiger partial charge on any atom is 0.271 e. The number of aromatic nitrogens is 5. The molecule has 0 radical (unpaired) electrons. The first-order valence-corrected chi connectivity index (χ1v) is 7.47. The Balaban J connectivity index is 1.54. The van der Waals surface area contributed by atoms with Gasteiger partial charge in [0.1, 0.15) is 11.3 Å². The molecule has 7 heteroatoms. The molecule has 4 aromatic heterocycles. The number of hydrogen-bond acceptors (Lipinski definition) is 4. The smallest absolute Gasteiger partial charge is 0.271 e. The Morgan fingerprint density at radius 1 is 1.08 bits per heavy atom. The van der Waals surface area contributed by atoms with Crippen LogP contribution >= 0.6 is 0 Å². The molecule has 118 valence electrons. The van der Waals surface area contributed by atoms with Crippen molar-refractivity contribution in [3.8, 4) is 5.82 Å². The topological polar surface area (TPSA) is 77.1 Å². The number of rotatable bonds is 4. The number of nitrogens with one attached hydrogen (secondary N) is 1. The van der Waals surface area contributed by atoms with Crippen LogP contribution < -0.4 is 5.32 Å².